The number of amides is 1. The number of quaternary nitrogens is 1. The lowest BCUT2D eigenvalue weighted by atomic mass is 10.0. The first-order valence-electron chi connectivity index (χ1n) is 13.6. The molecule has 1 saturated heterocycles. The molecule has 4 nitrogen and oxygen atoms in total. The third kappa shape index (κ3) is 12.7. The Balaban J connectivity index is 0.00000544. The van der Waals surface area contributed by atoms with Crippen molar-refractivity contribution in [2.75, 3.05) is 13.1 Å². The highest BCUT2D eigenvalue weighted by Gasteiger charge is 2.41. The average Bonchev–Trinajstić information content (AvgIpc) is 3.12. The standard InChI is InChI=1S/C28H49N2O2.ClH/c1-2-3-4-5-6-7-8-9-10-11-12-13-14-16-19-24-30(25-21-22-28(30)31)27-29-23-18-15-17-20-26-32-29;/h15,17-18,20,23,26H,2-14,16,19,21-22,24-25,27H2,1H3;1H/q+1;/p-1. The maximum absolute atomic E-state index is 12.7. The van der Waals surface area contributed by atoms with Crippen molar-refractivity contribution in [3.8, 4) is 0 Å². The molecule has 0 aromatic carbocycles. The van der Waals surface area contributed by atoms with E-state index < -0.39 is 0 Å². The minimum Gasteiger partial charge on any atom is -1.00 e. The van der Waals surface area contributed by atoms with Gasteiger partial charge in [-0.25, -0.2) is 9.28 Å². The fraction of sp³-hybridized carbons (Fsp3) is 0.750. The van der Waals surface area contributed by atoms with Crippen LogP contribution in [0.2, 0.25) is 0 Å². The van der Waals surface area contributed by atoms with Gasteiger partial charge in [0.2, 0.25) is 0 Å². The normalized spacial score (nSPS) is 17.7. The van der Waals surface area contributed by atoms with E-state index in [0.29, 0.717) is 23.5 Å². The summed E-state index contributed by atoms with van der Waals surface area (Å²) in [5.41, 5.74) is 0. The van der Waals surface area contributed by atoms with E-state index >= 15 is 0 Å². The molecule has 1 atom stereocenters. The highest BCUT2D eigenvalue weighted by Crippen LogP contribution is 2.24. The van der Waals surface area contributed by atoms with Gasteiger partial charge in [0.05, 0.1) is 19.5 Å². The SMILES string of the molecule is CCCCCCCCCCCCCCCCC[N+]1(Cn2cccccco2)CCCC1=O.[Cl-]. The summed E-state index contributed by atoms with van der Waals surface area (Å²) in [4.78, 5) is 12.7. The second-order valence-electron chi connectivity index (χ2n) is 9.76. The van der Waals surface area contributed by atoms with Gasteiger partial charge in [-0.2, -0.15) is 4.74 Å². The Kier molecular flexibility index (Phi) is 17.2. The number of halogens is 1. The molecule has 0 bridgehead atoms. The Hall–Kier alpha value is -1.26. The number of hydrogen-bond donors (Lipinski definition) is 0. The van der Waals surface area contributed by atoms with Crippen LogP contribution in [-0.4, -0.2) is 28.2 Å². The van der Waals surface area contributed by atoms with Gasteiger partial charge in [0.15, 0.2) is 6.67 Å². The van der Waals surface area contributed by atoms with E-state index in [-0.39, 0.29) is 12.4 Å². The van der Waals surface area contributed by atoms with Crippen molar-refractivity contribution >= 4 is 5.91 Å². The van der Waals surface area contributed by atoms with Crippen LogP contribution in [0.4, 0.5) is 0 Å². The van der Waals surface area contributed by atoms with Crippen molar-refractivity contribution in [3.05, 3.63) is 36.7 Å². The van der Waals surface area contributed by atoms with Crippen molar-refractivity contribution < 1.29 is 26.2 Å². The molecule has 5 heteroatoms. The predicted octanol–water partition coefficient (Wildman–Crippen LogP) is 5.18. The summed E-state index contributed by atoms with van der Waals surface area (Å²) in [5, 5.41) is 0. The molecule has 1 aromatic rings. The van der Waals surface area contributed by atoms with Crippen molar-refractivity contribution in [3.63, 3.8) is 0 Å². The Morgan fingerprint density at radius 1 is 0.788 bits per heavy atom. The van der Waals surface area contributed by atoms with E-state index in [1.165, 1.54) is 89.9 Å². The highest BCUT2D eigenvalue weighted by molar-refractivity contribution is 5.70. The number of unbranched alkanes of at least 4 members (excludes halogenated alkanes) is 14. The largest absolute Gasteiger partial charge is 1.00 e. The molecular weight excluding hydrogens is 432 g/mol. The summed E-state index contributed by atoms with van der Waals surface area (Å²) >= 11 is 0. The number of aromatic nitrogens is 1. The van der Waals surface area contributed by atoms with Gasteiger partial charge >= 0.3 is 5.91 Å². The van der Waals surface area contributed by atoms with Crippen LogP contribution < -0.4 is 12.4 Å². The second-order valence-corrected chi connectivity index (χ2v) is 9.76. The monoisotopic (exact) mass is 480 g/mol. The van der Waals surface area contributed by atoms with E-state index in [1.54, 1.807) is 6.26 Å². The minimum absolute atomic E-state index is 0. The zero-order chi connectivity index (χ0) is 22.7. The van der Waals surface area contributed by atoms with Crippen LogP contribution in [0, 0.1) is 0 Å². The van der Waals surface area contributed by atoms with Gasteiger partial charge in [0.25, 0.3) is 0 Å². The summed E-state index contributed by atoms with van der Waals surface area (Å²) in [7, 11) is 0. The molecule has 1 aromatic heterocycles. The summed E-state index contributed by atoms with van der Waals surface area (Å²) in [6, 6.07) is 7.76. The molecular formula is C28H49ClN2O2. The first-order chi connectivity index (χ1) is 15.8. The van der Waals surface area contributed by atoms with Crippen LogP contribution in [0.15, 0.2) is 41.2 Å². The molecule has 190 valence electrons. The van der Waals surface area contributed by atoms with Crippen LogP contribution in [-0.2, 0) is 11.5 Å². The van der Waals surface area contributed by atoms with Crippen LogP contribution >= 0.6 is 0 Å². The van der Waals surface area contributed by atoms with Gasteiger partial charge in [-0.1, -0.05) is 103 Å². The van der Waals surface area contributed by atoms with Gasteiger partial charge in [-0.15, -0.1) is 0 Å². The molecule has 0 saturated carbocycles. The molecule has 1 amide bonds. The fourth-order valence-corrected chi connectivity index (χ4v) is 4.95. The maximum Gasteiger partial charge on any atom is 0.315 e. The number of likely N-dealkylation sites (tertiary alicyclic amines) is 1. The van der Waals surface area contributed by atoms with E-state index in [9.17, 15) is 4.79 Å². The molecule has 0 aliphatic carbocycles. The molecule has 33 heavy (non-hydrogen) atoms. The molecule has 2 heterocycles. The molecule has 0 spiro atoms. The van der Waals surface area contributed by atoms with Gasteiger partial charge in [-0.05, 0) is 25.0 Å². The average molecular weight is 481 g/mol. The first kappa shape index (κ1) is 29.8. The van der Waals surface area contributed by atoms with Gasteiger partial charge < -0.3 is 16.9 Å². The molecule has 1 unspecified atom stereocenters. The topological polar surface area (TPSA) is 35.1 Å². The van der Waals surface area contributed by atoms with Gasteiger partial charge in [0.1, 0.15) is 6.26 Å². The zero-order valence-electron chi connectivity index (χ0n) is 21.2. The quantitative estimate of drug-likeness (QED) is 0.214. The first-order valence-corrected chi connectivity index (χ1v) is 13.6. The van der Waals surface area contributed by atoms with E-state index in [2.05, 4.69) is 6.92 Å². The smallest absolute Gasteiger partial charge is 0.315 e. The molecule has 0 N–H and O–H groups in total. The predicted molar refractivity (Wildman–Crippen MR) is 133 cm³/mol. The Morgan fingerprint density at radius 3 is 1.88 bits per heavy atom. The number of carbonyl (C=O) groups excluding carboxylic acids is 1. The Labute approximate surface area is 209 Å². The van der Waals surface area contributed by atoms with Gasteiger partial charge in [0, 0.05) is 12.6 Å². The van der Waals surface area contributed by atoms with Crippen molar-refractivity contribution in [1.29, 1.82) is 0 Å². The third-order valence-electron chi connectivity index (χ3n) is 6.97. The summed E-state index contributed by atoms with van der Waals surface area (Å²) in [6.07, 6.45) is 25.9. The van der Waals surface area contributed by atoms with Crippen LogP contribution in [0.3, 0.4) is 0 Å². The minimum atomic E-state index is 0. The van der Waals surface area contributed by atoms with Crippen molar-refractivity contribution in [2.45, 2.75) is 123 Å². The number of carbonyl (C=O) groups is 1. The van der Waals surface area contributed by atoms with Gasteiger partial charge in [-0.3, -0.25) is 0 Å². The van der Waals surface area contributed by atoms with Crippen molar-refractivity contribution in [2.24, 2.45) is 0 Å². The maximum atomic E-state index is 12.7. The fourth-order valence-electron chi connectivity index (χ4n) is 4.95. The summed E-state index contributed by atoms with van der Waals surface area (Å²) in [6.45, 7) is 4.80. The molecule has 2 rings (SSSR count). The number of rotatable bonds is 18. The van der Waals surface area contributed by atoms with Crippen LogP contribution in [0.25, 0.3) is 0 Å². The van der Waals surface area contributed by atoms with Crippen molar-refractivity contribution in [1.82, 2.24) is 4.74 Å². The lowest BCUT2D eigenvalue weighted by Crippen LogP contribution is -3.00. The van der Waals surface area contributed by atoms with E-state index in [0.717, 1.165) is 25.9 Å². The number of nitrogens with zero attached hydrogens (tertiary/aromatic N) is 2. The molecule has 1 aliphatic rings. The third-order valence-corrected chi connectivity index (χ3v) is 6.97. The highest BCUT2D eigenvalue weighted by atomic mass is 35.5. The lowest BCUT2D eigenvalue weighted by molar-refractivity contribution is -0.871. The number of hydrogen-bond acceptors (Lipinski definition) is 2. The molecule has 0 radical (unpaired) electrons. The molecule has 1 aliphatic heterocycles. The van der Waals surface area contributed by atoms with E-state index in [1.807, 2.05) is 35.2 Å². The second kappa shape index (κ2) is 19.1. The molecule has 1 fully saturated rings. The lowest BCUT2D eigenvalue weighted by Gasteiger charge is -2.31. The Morgan fingerprint density at radius 2 is 1.33 bits per heavy atom. The summed E-state index contributed by atoms with van der Waals surface area (Å²) in [5.74, 6) is 0.383. The Bertz CT molecular complexity index is 636. The summed E-state index contributed by atoms with van der Waals surface area (Å²) < 4.78 is 8.06. The van der Waals surface area contributed by atoms with Crippen LogP contribution in [0.5, 0.6) is 0 Å². The zero-order valence-corrected chi connectivity index (χ0v) is 22.0. The van der Waals surface area contributed by atoms with E-state index in [4.69, 9.17) is 4.52 Å². The van der Waals surface area contributed by atoms with Crippen LogP contribution in [0.1, 0.15) is 116 Å².